The van der Waals surface area contributed by atoms with Crippen LogP contribution in [0.15, 0.2) is 0 Å². The molecule has 7 heteroatoms. The number of hydrogen-bond acceptors (Lipinski definition) is 6. The maximum Gasteiger partial charge on any atom is 0.408 e. The Balaban J connectivity index is 2.57. The van der Waals surface area contributed by atoms with Crippen molar-refractivity contribution in [2.75, 3.05) is 19.8 Å². The van der Waals surface area contributed by atoms with Crippen LogP contribution in [0.2, 0.25) is 0 Å². The molecule has 7 nitrogen and oxygen atoms in total. The summed E-state index contributed by atoms with van der Waals surface area (Å²) in [6.45, 7) is 2.30. The van der Waals surface area contributed by atoms with Crippen LogP contribution in [0.1, 0.15) is 13.8 Å². The van der Waals surface area contributed by atoms with E-state index in [-0.39, 0.29) is 19.8 Å². The van der Waals surface area contributed by atoms with E-state index in [2.05, 4.69) is 5.32 Å². The third-order valence-corrected chi connectivity index (χ3v) is 1.95. The van der Waals surface area contributed by atoms with Crippen LogP contribution in [-0.2, 0) is 23.8 Å². The van der Waals surface area contributed by atoms with Gasteiger partial charge in [-0.05, 0) is 0 Å². The summed E-state index contributed by atoms with van der Waals surface area (Å²) in [6.07, 6.45) is -0.626. The molecule has 0 aromatic heterocycles. The zero-order valence-corrected chi connectivity index (χ0v) is 9.07. The van der Waals surface area contributed by atoms with Crippen LogP contribution >= 0.6 is 0 Å². The number of cyclic esters (lactones) is 1. The normalized spacial score (nSPS) is 17.2. The molecule has 0 spiro atoms. The van der Waals surface area contributed by atoms with E-state index in [1.807, 2.05) is 0 Å². The molecule has 1 aliphatic heterocycles. The Morgan fingerprint density at radius 1 is 1.31 bits per heavy atom. The Labute approximate surface area is 92.0 Å². The number of nitrogens with one attached hydrogen (secondary N) is 1. The first-order chi connectivity index (χ1) is 7.43. The number of alkyl carbamates (subject to hydrolysis) is 1. The third kappa shape index (κ3) is 3.41. The van der Waals surface area contributed by atoms with Crippen molar-refractivity contribution in [1.82, 2.24) is 5.32 Å². The van der Waals surface area contributed by atoms with Gasteiger partial charge in [0.2, 0.25) is 0 Å². The monoisotopic (exact) mass is 231 g/mol. The molecule has 0 aromatic carbocycles. The summed E-state index contributed by atoms with van der Waals surface area (Å²) in [5.74, 6) is -0.966. The molecule has 0 atom stereocenters. The van der Waals surface area contributed by atoms with E-state index >= 15 is 0 Å². The van der Waals surface area contributed by atoms with Crippen molar-refractivity contribution in [2.45, 2.75) is 19.4 Å². The van der Waals surface area contributed by atoms with Crippen LogP contribution in [0.3, 0.4) is 0 Å². The zero-order chi connectivity index (χ0) is 12.2. The Kier molecular flexibility index (Phi) is 3.70. The zero-order valence-electron chi connectivity index (χ0n) is 9.07. The standard InChI is InChI=1S/C9H13NO6/c1-6(11)14-3-9(4-15-7(2)12)5-16-8(13)10-9/h3-5H2,1-2H3,(H,10,13). The predicted molar refractivity (Wildman–Crippen MR) is 50.5 cm³/mol. The lowest BCUT2D eigenvalue weighted by molar-refractivity contribution is -0.147. The topological polar surface area (TPSA) is 90.9 Å². The van der Waals surface area contributed by atoms with Crippen LogP contribution in [-0.4, -0.2) is 43.4 Å². The quantitative estimate of drug-likeness (QED) is 0.522. The Morgan fingerprint density at radius 2 is 1.81 bits per heavy atom. The van der Waals surface area contributed by atoms with Gasteiger partial charge in [0.15, 0.2) is 0 Å². The highest BCUT2D eigenvalue weighted by Crippen LogP contribution is 2.14. The molecular formula is C9H13NO6. The third-order valence-electron chi connectivity index (χ3n) is 1.95. The van der Waals surface area contributed by atoms with Crippen molar-refractivity contribution in [3.63, 3.8) is 0 Å². The molecule has 0 unspecified atom stereocenters. The highest BCUT2D eigenvalue weighted by molar-refractivity contribution is 5.71. The van der Waals surface area contributed by atoms with Crippen LogP contribution in [0.5, 0.6) is 0 Å². The molecule has 90 valence electrons. The summed E-state index contributed by atoms with van der Waals surface area (Å²) in [5, 5.41) is 2.46. The highest BCUT2D eigenvalue weighted by Gasteiger charge is 2.42. The van der Waals surface area contributed by atoms with Gasteiger partial charge in [-0.1, -0.05) is 0 Å². The summed E-state index contributed by atoms with van der Waals surface area (Å²) in [7, 11) is 0. The highest BCUT2D eigenvalue weighted by atomic mass is 16.6. The Hall–Kier alpha value is -1.79. The van der Waals surface area contributed by atoms with Crippen molar-refractivity contribution in [3.05, 3.63) is 0 Å². The van der Waals surface area contributed by atoms with Gasteiger partial charge in [-0.15, -0.1) is 0 Å². The van der Waals surface area contributed by atoms with Gasteiger partial charge >= 0.3 is 18.0 Å². The minimum atomic E-state index is -0.978. The Morgan fingerprint density at radius 3 is 2.12 bits per heavy atom. The fraction of sp³-hybridized carbons (Fsp3) is 0.667. The molecule has 16 heavy (non-hydrogen) atoms. The predicted octanol–water partition coefficient (Wildman–Crippen LogP) is -0.409. The Bertz CT molecular complexity index is 295. The first-order valence-electron chi connectivity index (χ1n) is 4.65. The molecule has 1 heterocycles. The number of hydrogen-bond donors (Lipinski definition) is 1. The van der Waals surface area contributed by atoms with E-state index in [0.717, 1.165) is 0 Å². The average molecular weight is 231 g/mol. The van der Waals surface area contributed by atoms with Gasteiger partial charge in [-0.2, -0.15) is 0 Å². The van der Waals surface area contributed by atoms with Gasteiger partial charge in [-0.3, -0.25) is 9.59 Å². The van der Waals surface area contributed by atoms with Crippen molar-refractivity contribution in [1.29, 1.82) is 0 Å². The molecule has 1 amide bonds. The molecular weight excluding hydrogens is 218 g/mol. The average Bonchev–Trinajstić information content (AvgIpc) is 2.55. The van der Waals surface area contributed by atoms with E-state index in [0.29, 0.717) is 0 Å². The molecule has 0 saturated carbocycles. The van der Waals surface area contributed by atoms with Gasteiger partial charge in [0.05, 0.1) is 0 Å². The first-order valence-corrected chi connectivity index (χ1v) is 4.65. The number of carbonyl (C=O) groups is 3. The van der Waals surface area contributed by atoms with E-state index < -0.39 is 23.6 Å². The second kappa shape index (κ2) is 4.82. The number of esters is 2. The van der Waals surface area contributed by atoms with Crippen LogP contribution < -0.4 is 5.32 Å². The summed E-state index contributed by atoms with van der Waals surface area (Å²) < 4.78 is 14.3. The smallest absolute Gasteiger partial charge is 0.408 e. The van der Waals surface area contributed by atoms with Gasteiger partial charge in [0, 0.05) is 13.8 Å². The molecule has 0 aromatic rings. The lowest BCUT2D eigenvalue weighted by atomic mass is 10.1. The van der Waals surface area contributed by atoms with Crippen LogP contribution in [0, 0.1) is 0 Å². The SMILES string of the molecule is CC(=O)OCC1(COC(C)=O)COC(=O)N1. The molecule has 1 fully saturated rings. The largest absolute Gasteiger partial charge is 0.463 e. The van der Waals surface area contributed by atoms with Gasteiger partial charge in [-0.25, -0.2) is 4.79 Å². The fourth-order valence-electron chi connectivity index (χ4n) is 1.17. The molecule has 1 rings (SSSR count). The van der Waals surface area contributed by atoms with E-state index in [1.165, 1.54) is 13.8 Å². The van der Waals surface area contributed by atoms with Crippen LogP contribution in [0.25, 0.3) is 0 Å². The van der Waals surface area contributed by atoms with Crippen LogP contribution in [0.4, 0.5) is 4.79 Å². The number of amides is 1. The number of ether oxygens (including phenoxy) is 3. The van der Waals surface area contributed by atoms with Crippen molar-refractivity contribution in [2.24, 2.45) is 0 Å². The number of carbonyl (C=O) groups excluding carboxylic acids is 3. The molecule has 1 aliphatic rings. The second-order valence-corrected chi connectivity index (χ2v) is 3.54. The lowest BCUT2D eigenvalue weighted by Crippen LogP contribution is -2.52. The molecule has 0 radical (unpaired) electrons. The van der Waals surface area contributed by atoms with Crippen molar-refractivity contribution >= 4 is 18.0 Å². The van der Waals surface area contributed by atoms with Gasteiger partial charge in [0.1, 0.15) is 25.4 Å². The van der Waals surface area contributed by atoms with E-state index in [1.54, 1.807) is 0 Å². The summed E-state index contributed by atoms with van der Waals surface area (Å²) in [6, 6.07) is 0. The molecule has 1 N–H and O–H groups in total. The maximum atomic E-state index is 10.9. The minimum absolute atomic E-state index is 0.00755. The summed E-state index contributed by atoms with van der Waals surface area (Å²) in [4.78, 5) is 32.3. The lowest BCUT2D eigenvalue weighted by Gasteiger charge is -2.24. The van der Waals surface area contributed by atoms with E-state index in [9.17, 15) is 14.4 Å². The second-order valence-electron chi connectivity index (χ2n) is 3.54. The molecule has 0 aliphatic carbocycles. The van der Waals surface area contributed by atoms with E-state index in [4.69, 9.17) is 14.2 Å². The van der Waals surface area contributed by atoms with Gasteiger partial charge < -0.3 is 19.5 Å². The van der Waals surface area contributed by atoms with Crippen molar-refractivity contribution in [3.8, 4) is 0 Å². The minimum Gasteiger partial charge on any atom is -0.463 e. The molecule has 1 saturated heterocycles. The summed E-state index contributed by atoms with van der Waals surface area (Å²) in [5.41, 5.74) is -0.978. The maximum absolute atomic E-state index is 10.9. The van der Waals surface area contributed by atoms with Crippen molar-refractivity contribution < 1.29 is 28.6 Å². The van der Waals surface area contributed by atoms with Gasteiger partial charge in [0.25, 0.3) is 0 Å². The summed E-state index contributed by atoms with van der Waals surface area (Å²) >= 11 is 0. The fourth-order valence-corrected chi connectivity index (χ4v) is 1.17. The number of rotatable bonds is 4. The first kappa shape index (κ1) is 12.3. The molecule has 0 bridgehead atoms.